The number of amides is 3. The molecule has 0 aliphatic carbocycles. The third-order valence-corrected chi connectivity index (χ3v) is 6.53. The van der Waals surface area contributed by atoms with Crippen LogP contribution in [0, 0.1) is 6.92 Å². The number of nitrogens with zero attached hydrogens (tertiary/aromatic N) is 1. The third-order valence-electron chi connectivity index (χ3n) is 5.29. The van der Waals surface area contributed by atoms with Crippen molar-refractivity contribution in [2.45, 2.75) is 6.92 Å². The fourth-order valence-electron chi connectivity index (χ4n) is 3.41. The van der Waals surface area contributed by atoms with Gasteiger partial charge >= 0.3 is 5.97 Å². The summed E-state index contributed by atoms with van der Waals surface area (Å²) in [5, 5.41) is 2.38. The fraction of sp³-hybridized carbons (Fsp3) is 0.111. The van der Waals surface area contributed by atoms with Crippen LogP contribution in [0.3, 0.4) is 0 Å². The lowest BCUT2D eigenvalue weighted by molar-refractivity contribution is -0.127. The summed E-state index contributed by atoms with van der Waals surface area (Å²) < 4.78 is 10.8. The minimum Gasteiger partial charge on any atom is -0.493 e. The van der Waals surface area contributed by atoms with Crippen molar-refractivity contribution in [1.82, 2.24) is 4.90 Å². The van der Waals surface area contributed by atoms with E-state index in [1.54, 1.807) is 48.5 Å². The van der Waals surface area contributed by atoms with Crippen molar-refractivity contribution in [1.29, 1.82) is 0 Å². The Morgan fingerprint density at radius 2 is 1.76 bits per heavy atom. The van der Waals surface area contributed by atoms with Crippen molar-refractivity contribution in [2.24, 2.45) is 0 Å². The molecule has 3 aromatic carbocycles. The lowest BCUT2D eigenvalue weighted by Gasteiger charge is -2.12. The average molecular weight is 537 g/mol. The fourth-order valence-corrected chi connectivity index (χ4v) is 4.46. The van der Waals surface area contributed by atoms with Crippen molar-refractivity contribution in [3.63, 3.8) is 0 Å². The number of esters is 1. The van der Waals surface area contributed by atoms with Crippen LogP contribution in [-0.4, -0.2) is 41.6 Å². The Kier molecular flexibility index (Phi) is 7.95. The van der Waals surface area contributed by atoms with Crippen LogP contribution in [0.2, 0.25) is 5.02 Å². The first-order valence-corrected chi connectivity index (χ1v) is 12.2. The van der Waals surface area contributed by atoms with Gasteiger partial charge in [-0.05, 0) is 66.7 Å². The smallest absolute Gasteiger partial charge is 0.345 e. The maximum Gasteiger partial charge on any atom is 0.345 e. The predicted octanol–water partition coefficient (Wildman–Crippen LogP) is 5.55. The molecule has 1 aliphatic rings. The van der Waals surface area contributed by atoms with E-state index in [1.807, 2.05) is 19.1 Å². The first-order chi connectivity index (χ1) is 17.7. The standard InChI is InChI=1S/C27H21ClN2O6S/c1-16-7-10-18(11-8-16)29-24(31)15-30-25(32)23(37-27(30)34)14-17-9-12-21(22(13-17)35-2)36-26(33)19-5-3-4-6-20(19)28/h3-14H,15H2,1-2H3,(H,29,31)/b23-14-. The maximum atomic E-state index is 12.8. The molecule has 10 heteroatoms. The molecule has 3 amide bonds. The predicted molar refractivity (Wildman–Crippen MR) is 142 cm³/mol. The van der Waals surface area contributed by atoms with E-state index in [0.29, 0.717) is 11.3 Å². The highest BCUT2D eigenvalue weighted by molar-refractivity contribution is 8.18. The van der Waals surface area contributed by atoms with E-state index in [0.717, 1.165) is 22.2 Å². The molecular weight excluding hydrogens is 516 g/mol. The number of thioether (sulfide) groups is 1. The quantitative estimate of drug-likeness (QED) is 0.240. The van der Waals surface area contributed by atoms with E-state index >= 15 is 0 Å². The number of carbonyl (C=O) groups excluding carboxylic acids is 4. The normalized spacial score (nSPS) is 14.1. The molecule has 0 aromatic heterocycles. The van der Waals surface area contributed by atoms with Crippen LogP contribution in [0.25, 0.3) is 6.08 Å². The first-order valence-electron chi connectivity index (χ1n) is 11.0. The molecule has 0 atom stereocenters. The topological polar surface area (TPSA) is 102 Å². The highest BCUT2D eigenvalue weighted by Crippen LogP contribution is 2.35. The molecule has 0 bridgehead atoms. The van der Waals surface area contributed by atoms with Crippen molar-refractivity contribution in [2.75, 3.05) is 19.0 Å². The molecule has 1 saturated heterocycles. The summed E-state index contributed by atoms with van der Waals surface area (Å²) in [6.07, 6.45) is 1.50. The summed E-state index contributed by atoms with van der Waals surface area (Å²) in [6.45, 7) is 1.52. The zero-order valence-corrected chi connectivity index (χ0v) is 21.4. The number of methoxy groups -OCH3 is 1. The summed E-state index contributed by atoms with van der Waals surface area (Å²) in [6, 6.07) is 18.3. The summed E-state index contributed by atoms with van der Waals surface area (Å²) in [5.41, 5.74) is 2.34. The summed E-state index contributed by atoms with van der Waals surface area (Å²) in [4.78, 5) is 51.2. The molecule has 188 valence electrons. The molecule has 0 saturated carbocycles. The number of imide groups is 1. The summed E-state index contributed by atoms with van der Waals surface area (Å²) in [7, 11) is 1.41. The summed E-state index contributed by atoms with van der Waals surface area (Å²) in [5.74, 6) is -1.32. The van der Waals surface area contributed by atoms with Gasteiger partial charge in [0.25, 0.3) is 11.1 Å². The Balaban J connectivity index is 1.46. The van der Waals surface area contributed by atoms with E-state index in [1.165, 1.54) is 19.3 Å². The zero-order valence-electron chi connectivity index (χ0n) is 19.8. The largest absolute Gasteiger partial charge is 0.493 e. The second-order valence-electron chi connectivity index (χ2n) is 7.96. The SMILES string of the molecule is COc1cc(/C=C2\SC(=O)N(CC(=O)Nc3ccc(C)cc3)C2=O)ccc1OC(=O)c1ccccc1Cl. The summed E-state index contributed by atoms with van der Waals surface area (Å²) >= 11 is 6.80. The van der Waals surface area contributed by atoms with Crippen molar-refractivity contribution in [3.8, 4) is 11.5 Å². The Bertz CT molecular complexity index is 1420. The van der Waals surface area contributed by atoms with Gasteiger partial charge < -0.3 is 14.8 Å². The van der Waals surface area contributed by atoms with Crippen LogP contribution < -0.4 is 14.8 Å². The molecule has 1 heterocycles. The van der Waals surface area contributed by atoms with Crippen molar-refractivity contribution in [3.05, 3.63) is 93.3 Å². The molecule has 1 N–H and O–H groups in total. The van der Waals surface area contributed by atoms with Gasteiger partial charge in [0.1, 0.15) is 6.54 Å². The number of hydrogen-bond acceptors (Lipinski definition) is 7. The highest BCUT2D eigenvalue weighted by atomic mass is 35.5. The van der Waals surface area contributed by atoms with Crippen LogP contribution in [0.5, 0.6) is 11.5 Å². The number of hydrogen-bond donors (Lipinski definition) is 1. The van der Waals surface area contributed by atoms with Gasteiger partial charge in [0.15, 0.2) is 11.5 Å². The van der Waals surface area contributed by atoms with Gasteiger partial charge in [-0.15, -0.1) is 0 Å². The van der Waals surface area contributed by atoms with Crippen molar-refractivity contribution < 1.29 is 28.7 Å². The van der Waals surface area contributed by atoms with Gasteiger partial charge in [-0.1, -0.05) is 47.5 Å². The molecule has 0 radical (unpaired) electrons. The molecule has 37 heavy (non-hydrogen) atoms. The van der Waals surface area contributed by atoms with Crippen LogP contribution in [0.15, 0.2) is 71.6 Å². The number of benzene rings is 3. The highest BCUT2D eigenvalue weighted by Gasteiger charge is 2.36. The van der Waals surface area contributed by atoms with Crippen LogP contribution >= 0.6 is 23.4 Å². The molecule has 0 spiro atoms. The van der Waals surface area contributed by atoms with Gasteiger partial charge in [0.2, 0.25) is 5.91 Å². The molecule has 3 aromatic rings. The van der Waals surface area contributed by atoms with E-state index in [-0.39, 0.29) is 27.0 Å². The van der Waals surface area contributed by atoms with Gasteiger partial charge in [0, 0.05) is 5.69 Å². The van der Waals surface area contributed by atoms with Crippen molar-refractivity contribution >= 4 is 58.1 Å². The van der Waals surface area contributed by atoms with Crippen LogP contribution in [0.4, 0.5) is 10.5 Å². The van der Waals surface area contributed by atoms with Crippen LogP contribution in [-0.2, 0) is 9.59 Å². The first kappa shape index (κ1) is 26.0. The molecule has 4 rings (SSSR count). The monoisotopic (exact) mass is 536 g/mol. The minimum atomic E-state index is -0.651. The molecule has 1 fully saturated rings. The number of anilines is 1. The Morgan fingerprint density at radius 3 is 2.46 bits per heavy atom. The number of rotatable bonds is 7. The third kappa shape index (κ3) is 6.19. The number of aryl methyl sites for hydroxylation is 1. The second-order valence-corrected chi connectivity index (χ2v) is 9.36. The van der Waals surface area contributed by atoms with E-state index < -0.39 is 29.6 Å². The number of ether oxygens (including phenoxy) is 2. The molecular formula is C27H21ClN2O6S. The van der Waals surface area contributed by atoms with E-state index in [4.69, 9.17) is 21.1 Å². The number of carbonyl (C=O) groups is 4. The van der Waals surface area contributed by atoms with E-state index in [9.17, 15) is 19.2 Å². The minimum absolute atomic E-state index is 0.149. The van der Waals surface area contributed by atoms with Gasteiger partial charge in [-0.3, -0.25) is 19.3 Å². The van der Waals surface area contributed by atoms with Crippen LogP contribution in [0.1, 0.15) is 21.5 Å². The Hall–Kier alpha value is -4.08. The molecule has 8 nitrogen and oxygen atoms in total. The average Bonchev–Trinajstić information content (AvgIpc) is 3.13. The molecule has 1 aliphatic heterocycles. The second kappa shape index (κ2) is 11.3. The van der Waals surface area contributed by atoms with Gasteiger partial charge in [0.05, 0.1) is 22.6 Å². The molecule has 0 unspecified atom stereocenters. The lowest BCUT2D eigenvalue weighted by atomic mass is 10.1. The lowest BCUT2D eigenvalue weighted by Crippen LogP contribution is -2.36. The maximum absolute atomic E-state index is 12.8. The van der Waals surface area contributed by atoms with Gasteiger partial charge in [-0.25, -0.2) is 4.79 Å². The van der Waals surface area contributed by atoms with E-state index in [2.05, 4.69) is 5.32 Å². The number of nitrogens with one attached hydrogen (secondary N) is 1. The Morgan fingerprint density at radius 1 is 1.03 bits per heavy atom. The Labute approximate surface area is 222 Å². The van der Waals surface area contributed by atoms with Gasteiger partial charge in [-0.2, -0.15) is 0 Å². The number of halogens is 1. The zero-order chi connectivity index (χ0) is 26.5.